The Kier molecular flexibility index (Phi) is 4.82. The lowest BCUT2D eigenvalue weighted by Gasteiger charge is -2.72. The lowest BCUT2D eigenvalue weighted by molar-refractivity contribution is -0.248. The van der Waals surface area contributed by atoms with Gasteiger partial charge in [0.15, 0.2) is 0 Å². The molecular formula is C30H46O4. The molecule has 2 N–H and O–H groups in total. The van der Waals surface area contributed by atoms with Gasteiger partial charge in [-0.2, -0.15) is 0 Å². The minimum Gasteiger partial charge on any atom is -0.481 e. The number of aliphatic hydroxyl groups excluding tert-OH is 1. The van der Waals surface area contributed by atoms with E-state index in [-0.39, 0.29) is 51.1 Å². The quantitative estimate of drug-likeness (QED) is 0.375. The molecule has 0 aromatic heterocycles. The zero-order valence-corrected chi connectivity index (χ0v) is 21.8. The molecule has 5 aliphatic carbocycles. The van der Waals surface area contributed by atoms with E-state index in [1.54, 1.807) is 0 Å². The van der Waals surface area contributed by atoms with Gasteiger partial charge in [-0.25, -0.2) is 0 Å². The summed E-state index contributed by atoms with van der Waals surface area (Å²) >= 11 is 0. The molecule has 34 heavy (non-hydrogen) atoms. The summed E-state index contributed by atoms with van der Waals surface area (Å²) < 4.78 is 15.9. The predicted octanol–water partition coefficient (Wildman–Crippen LogP) is 6.27. The van der Waals surface area contributed by atoms with E-state index in [2.05, 4.69) is 34.6 Å². The molecule has 0 bridgehead atoms. The van der Waals surface area contributed by atoms with Crippen LogP contribution in [-0.2, 0) is 9.59 Å². The fourth-order valence-corrected chi connectivity index (χ4v) is 11.4. The molecule has 0 radical (unpaired) electrons. The van der Waals surface area contributed by atoms with Crippen LogP contribution in [0.25, 0.3) is 0 Å². The summed E-state index contributed by atoms with van der Waals surface area (Å²) in [5.41, 5.74) is -0.570. The highest BCUT2D eigenvalue weighted by molar-refractivity contribution is 5.78. The molecule has 0 aromatic rings. The van der Waals surface area contributed by atoms with Crippen LogP contribution in [0.2, 0.25) is 0 Å². The summed E-state index contributed by atoms with van der Waals surface area (Å²) in [6.45, 7) is 11.5. The standard InChI is InChI=1S/C30H46O4/c1-18(17-31)19-9-14-30(25(33)34)16-15-28(5)20(24(19)30)7-8-22-27(4)12-11-23(32)26(2,3)21(27)10-13-29(22,28)6/h17,19-24,32H,1,7-16H2,2-6H3,(H,33,34)/t19-,20+,21-,22+,23-,24+,27-,28+,29+,30-/m0/s1/i1D2. The van der Waals surface area contributed by atoms with Crippen LogP contribution in [0.3, 0.4) is 0 Å². The van der Waals surface area contributed by atoms with Gasteiger partial charge in [0.2, 0.25) is 0 Å². The van der Waals surface area contributed by atoms with E-state index in [4.69, 9.17) is 2.74 Å². The number of hydrogen-bond acceptors (Lipinski definition) is 3. The van der Waals surface area contributed by atoms with Crippen LogP contribution in [0, 0.1) is 56.7 Å². The Morgan fingerprint density at radius 1 is 0.912 bits per heavy atom. The van der Waals surface area contributed by atoms with Gasteiger partial charge in [-0.05, 0) is 121 Å². The van der Waals surface area contributed by atoms with E-state index >= 15 is 0 Å². The maximum absolute atomic E-state index is 12.8. The normalized spacial score (nSPS) is 54.3. The van der Waals surface area contributed by atoms with E-state index in [0.717, 1.165) is 44.9 Å². The summed E-state index contributed by atoms with van der Waals surface area (Å²) in [6, 6.07) is 0. The Morgan fingerprint density at radius 3 is 2.29 bits per heavy atom. The summed E-state index contributed by atoms with van der Waals surface area (Å²) in [4.78, 5) is 24.9. The van der Waals surface area contributed by atoms with Gasteiger partial charge in [0.1, 0.15) is 6.29 Å². The van der Waals surface area contributed by atoms with E-state index < -0.39 is 17.9 Å². The SMILES string of the molecule is [2H]C([2H])=C(C=O)[C@@H]1CC[C@]2(C(=O)O)CC[C@]3(C)[C@H](CC[C@@H]4[C@@]5(C)CC[C@H](O)C(C)(C)[C@@H]5CC[C@]43C)[C@@H]12. The minimum atomic E-state index is -0.847. The molecule has 10 atom stereocenters. The molecule has 5 saturated carbocycles. The number of aliphatic carboxylic acids is 1. The molecule has 4 nitrogen and oxygen atoms in total. The van der Waals surface area contributed by atoms with Crippen molar-refractivity contribution in [3.63, 3.8) is 0 Å². The molecule has 5 fully saturated rings. The number of rotatable bonds is 3. The van der Waals surface area contributed by atoms with E-state index in [1.165, 1.54) is 0 Å². The Hall–Kier alpha value is -1.16. The van der Waals surface area contributed by atoms with E-state index in [0.29, 0.717) is 37.4 Å². The van der Waals surface area contributed by atoms with Crippen molar-refractivity contribution in [3.05, 3.63) is 12.1 Å². The number of allylic oxidation sites excluding steroid dienone is 1. The number of hydrogen-bond donors (Lipinski definition) is 2. The summed E-state index contributed by atoms with van der Waals surface area (Å²) in [6.07, 6.45) is 9.16. The van der Waals surface area contributed by atoms with Crippen LogP contribution in [0.15, 0.2) is 12.1 Å². The molecule has 0 amide bonds. The van der Waals surface area contributed by atoms with Crippen LogP contribution in [0.1, 0.15) is 102 Å². The second kappa shape index (κ2) is 7.43. The van der Waals surface area contributed by atoms with Gasteiger partial charge in [-0.1, -0.05) is 41.1 Å². The van der Waals surface area contributed by atoms with Crippen LogP contribution >= 0.6 is 0 Å². The summed E-state index contributed by atoms with van der Waals surface area (Å²) in [7, 11) is 0. The Morgan fingerprint density at radius 2 is 1.65 bits per heavy atom. The molecule has 0 heterocycles. The number of aliphatic hydroxyl groups is 1. The zero-order valence-electron chi connectivity index (χ0n) is 23.8. The average molecular weight is 473 g/mol. The van der Waals surface area contributed by atoms with Gasteiger partial charge < -0.3 is 10.2 Å². The van der Waals surface area contributed by atoms with Crippen molar-refractivity contribution in [2.24, 2.45) is 56.7 Å². The van der Waals surface area contributed by atoms with Crippen molar-refractivity contribution in [2.45, 2.75) is 105 Å². The highest BCUT2D eigenvalue weighted by Gasteiger charge is 2.72. The molecular weight excluding hydrogens is 424 g/mol. The minimum absolute atomic E-state index is 0.0471. The predicted molar refractivity (Wildman–Crippen MR) is 133 cm³/mol. The average Bonchev–Trinajstić information content (AvgIpc) is 3.18. The lowest BCUT2D eigenvalue weighted by Crippen LogP contribution is -2.67. The first-order valence-corrected chi connectivity index (χ1v) is 13.7. The number of aldehydes is 1. The smallest absolute Gasteiger partial charge is 0.309 e. The lowest BCUT2D eigenvalue weighted by atomic mass is 9.32. The van der Waals surface area contributed by atoms with Gasteiger partial charge in [-0.15, -0.1) is 0 Å². The molecule has 0 unspecified atom stereocenters. The number of fused-ring (bicyclic) bond motifs is 7. The highest BCUT2D eigenvalue weighted by atomic mass is 16.4. The first kappa shape index (κ1) is 22.1. The van der Waals surface area contributed by atoms with Gasteiger partial charge in [-0.3, -0.25) is 9.59 Å². The third kappa shape index (κ3) is 2.75. The second-order valence-electron chi connectivity index (χ2n) is 14.2. The van der Waals surface area contributed by atoms with E-state index in [1.807, 2.05) is 0 Å². The van der Waals surface area contributed by atoms with Crippen LogP contribution in [0.5, 0.6) is 0 Å². The summed E-state index contributed by atoms with van der Waals surface area (Å²) in [5.74, 6) is -0.0567. The first-order valence-electron chi connectivity index (χ1n) is 14.7. The molecule has 190 valence electrons. The maximum Gasteiger partial charge on any atom is 0.309 e. The third-order valence-corrected chi connectivity index (χ3v) is 13.4. The van der Waals surface area contributed by atoms with Crippen molar-refractivity contribution in [2.75, 3.05) is 0 Å². The Balaban J connectivity index is 1.59. The third-order valence-electron chi connectivity index (χ3n) is 13.4. The number of carbonyl (C=O) groups is 2. The highest BCUT2D eigenvalue weighted by Crippen LogP contribution is 2.77. The molecule has 0 spiro atoms. The van der Waals surface area contributed by atoms with Crippen LogP contribution in [-0.4, -0.2) is 28.6 Å². The fourth-order valence-electron chi connectivity index (χ4n) is 11.4. The topological polar surface area (TPSA) is 74.6 Å². The number of carbonyl (C=O) groups excluding carboxylic acids is 1. The molecule has 0 saturated heterocycles. The molecule has 5 aliphatic rings. The van der Waals surface area contributed by atoms with Gasteiger partial charge >= 0.3 is 5.97 Å². The van der Waals surface area contributed by atoms with Crippen molar-refractivity contribution in [1.29, 1.82) is 0 Å². The zero-order chi connectivity index (χ0) is 26.5. The monoisotopic (exact) mass is 472 g/mol. The Labute approximate surface area is 208 Å². The van der Waals surface area contributed by atoms with Gasteiger partial charge in [0.25, 0.3) is 0 Å². The number of carboxylic acid groups (broad SMARTS) is 1. The van der Waals surface area contributed by atoms with Crippen molar-refractivity contribution >= 4 is 12.3 Å². The van der Waals surface area contributed by atoms with Crippen molar-refractivity contribution < 1.29 is 22.5 Å². The van der Waals surface area contributed by atoms with Crippen LogP contribution < -0.4 is 0 Å². The number of carboxylic acids is 1. The van der Waals surface area contributed by atoms with E-state index in [9.17, 15) is 19.8 Å². The maximum atomic E-state index is 12.8. The fraction of sp³-hybridized carbons (Fsp3) is 0.867. The Bertz CT molecular complexity index is 987. The van der Waals surface area contributed by atoms with Gasteiger partial charge in [0.05, 0.1) is 14.3 Å². The van der Waals surface area contributed by atoms with Crippen molar-refractivity contribution in [1.82, 2.24) is 0 Å². The molecule has 4 heteroatoms. The van der Waals surface area contributed by atoms with Gasteiger partial charge in [0, 0.05) is 0 Å². The molecule has 5 rings (SSSR count). The first-order chi connectivity index (χ1) is 16.7. The summed E-state index contributed by atoms with van der Waals surface area (Å²) in [5, 5.41) is 21.4. The molecule has 0 aromatic carbocycles. The molecule has 0 aliphatic heterocycles. The second-order valence-corrected chi connectivity index (χ2v) is 14.2. The van der Waals surface area contributed by atoms with Crippen LogP contribution in [0.4, 0.5) is 0 Å². The largest absolute Gasteiger partial charge is 0.481 e. The van der Waals surface area contributed by atoms with Crippen molar-refractivity contribution in [3.8, 4) is 0 Å².